The third-order valence-electron chi connectivity index (χ3n) is 4.72. The fourth-order valence-electron chi connectivity index (χ4n) is 3.27. The van der Waals surface area contributed by atoms with Gasteiger partial charge >= 0.3 is 0 Å². The molecule has 1 aliphatic heterocycles. The van der Waals surface area contributed by atoms with Crippen molar-refractivity contribution in [3.05, 3.63) is 71.4 Å². The Morgan fingerprint density at radius 1 is 1.15 bits per heavy atom. The maximum atomic E-state index is 12.5. The Morgan fingerprint density at radius 2 is 2.00 bits per heavy atom. The molecule has 0 N–H and O–H groups in total. The molecule has 0 radical (unpaired) electrons. The van der Waals surface area contributed by atoms with Crippen molar-refractivity contribution in [3.63, 3.8) is 0 Å². The third-order valence-corrected chi connectivity index (χ3v) is 5.00. The van der Waals surface area contributed by atoms with Crippen molar-refractivity contribution < 1.29 is 4.79 Å². The van der Waals surface area contributed by atoms with Gasteiger partial charge < -0.3 is 4.90 Å². The molecule has 0 aromatic carbocycles. The number of piperazine rings is 1. The van der Waals surface area contributed by atoms with Gasteiger partial charge in [-0.25, -0.2) is 4.98 Å². The molecule has 0 atom stereocenters. The molecule has 3 aromatic heterocycles. The molecule has 0 saturated carbocycles. The van der Waals surface area contributed by atoms with E-state index in [2.05, 4.69) is 20.9 Å². The van der Waals surface area contributed by atoms with Gasteiger partial charge in [0.05, 0.1) is 5.69 Å². The molecule has 1 fully saturated rings. The van der Waals surface area contributed by atoms with Gasteiger partial charge in [-0.3, -0.25) is 19.1 Å². The Balaban J connectivity index is 1.37. The lowest BCUT2D eigenvalue weighted by Gasteiger charge is -2.34. The first kappa shape index (κ1) is 17.7. The highest BCUT2D eigenvalue weighted by atomic mass is 35.5. The van der Waals surface area contributed by atoms with E-state index in [0.717, 1.165) is 31.0 Å². The van der Waals surface area contributed by atoms with Gasteiger partial charge in [0.15, 0.2) is 5.15 Å². The average Bonchev–Trinajstić information content (AvgIpc) is 3.02. The van der Waals surface area contributed by atoms with Crippen LogP contribution < -0.4 is 0 Å². The molecule has 4 rings (SSSR count). The molecule has 3 aromatic rings. The lowest BCUT2D eigenvalue weighted by Crippen LogP contribution is -2.47. The fraction of sp³-hybridized carbons (Fsp3) is 0.250. The molecule has 0 unspecified atom stereocenters. The zero-order chi connectivity index (χ0) is 18.6. The maximum Gasteiger partial charge on any atom is 0.246 e. The Morgan fingerprint density at radius 3 is 2.78 bits per heavy atom. The molecule has 27 heavy (non-hydrogen) atoms. The molecule has 0 bridgehead atoms. The third kappa shape index (κ3) is 4.02. The highest BCUT2D eigenvalue weighted by Crippen LogP contribution is 2.19. The summed E-state index contributed by atoms with van der Waals surface area (Å²) in [5.74, 6) is -0.00187. The van der Waals surface area contributed by atoms with Crippen LogP contribution in [0.3, 0.4) is 0 Å². The number of halogens is 1. The van der Waals surface area contributed by atoms with Crippen LogP contribution >= 0.6 is 11.6 Å². The van der Waals surface area contributed by atoms with Crippen molar-refractivity contribution >= 4 is 29.2 Å². The molecule has 0 aliphatic carbocycles. The number of imidazole rings is 1. The summed E-state index contributed by atoms with van der Waals surface area (Å²) in [5.41, 5.74) is 2.67. The van der Waals surface area contributed by atoms with Crippen LogP contribution in [0.5, 0.6) is 0 Å². The minimum Gasteiger partial charge on any atom is -0.337 e. The van der Waals surface area contributed by atoms with Crippen LogP contribution in [0.4, 0.5) is 0 Å². The highest BCUT2D eigenvalue weighted by Gasteiger charge is 2.20. The molecule has 7 heteroatoms. The second-order valence-electron chi connectivity index (χ2n) is 6.51. The van der Waals surface area contributed by atoms with Gasteiger partial charge in [-0.1, -0.05) is 23.7 Å². The number of pyridine rings is 2. The monoisotopic (exact) mass is 381 g/mol. The summed E-state index contributed by atoms with van der Waals surface area (Å²) in [5, 5.41) is 0.395. The lowest BCUT2D eigenvalue weighted by atomic mass is 10.2. The lowest BCUT2D eigenvalue weighted by molar-refractivity contribution is -0.127. The van der Waals surface area contributed by atoms with E-state index in [1.165, 1.54) is 5.56 Å². The van der Waals surface area contributed by atoms with Crippen LogP contribution in [0.15, 0.2) is 55.0 Å². The number of carbonyl (C=O) groups is 1. The van der Waals surface area contributed by atoms with Gasteiger partial charge in [0.2, 0.25) is 5.91 Å². The molecule has 138 valence electrons. The Kier molecular flexibility index (Phi) is 5.18. The van der Waals surface area contributed by atoms with E-state index in [9.17, 15) is 4.79 Å². The number of fused-ring (bicyclic) bond motifs is 1. The second kappa shape index (κ2) is 7.90. The van der Waals surface area contributed by atoms with E-state index in [0.29, 0.717) is 18.2 Å². The summed E-state index contributed by atoms with van der Waals surface area (Å²) in [6.45, 7) is 3.99. The minimum atomic E-state index is -0.00187. The normalized spacial score (nSPS) is 15.7. The van der Waals surface area contributed by atoms with Gasteiger partial charge in [-0.15, -0.1) is 0 Å². The zero-order valence-corrected chi connectivity index (χ0v) is 15.6. The molecule has 1 aliphatic rings. The van der Waals surface area contributed by atoms with Gasteiger partial charge in [-0.2, -0.15) is 0 Å². The van der Waals surface area contributed by atoms with E-state index in [4.69, 9.17) is 11.6 Å². The molecular formula is C20H20ClN5O. The molecule has 0 spiro atoms. The first-order valence-corrected chi connectivity index (χ1v) is 9.29. The minimum absolute atomic E-state index is 0.00187. The van der Waals surface area contributed by atoms with Crippen LogP contribution in [0.25, 0.3) is 11.7 Å². The summed E-state index contributed by atoms with van der Waals surface area (Å²) in [6, 6.07) is 9.72. The number of hydrogen-bond donors (Lipinski definition) is 0. The van der Waals surface area contributed by atoms with Crippen molar-refractivity contribution in [2.45, 2.75) is 6.54 Å². The predicted molar refractivity (Wildman–Crippen MR) is 105 cm³/mol. The maximum absolute atomic E-state index is 12.5. The SMILES string of the molecule is O=C(/C=C/c1c(Cl)nc2ccccn12)N1CCN(Cc2cccnc2)CC1. The Bertz CT molecular complexity index is 961. The van der Waals surface area contributed by atoms with Gasteiger partial charge in [0.25, 0.3) is 0 Å². The quantitative estimate of drug-likeness (QED) is 0.652. The smallest absolute Gasteiger partial charge is 0.246 e. The van der Waals surface area contributed by atoms with Crippen molar-refractivity contribution in [3.8, 4) is 0 Å². The van der Waals surface area contributed by atoms with E-state index in [-0.39, 0.29) is 5.91 Å². The molecule has 1 saturated heterocycles. The number of aromatic nitrogens is 3. The van der Waals surface area contributed by atoms with Gasteiger partial charge in [0.1, 0.15) is 5.65 Å². The second-order valence-corrected chi connectivity index (χ2v) is 6.87. The van der Waals surface area contributed by atoms with E-state index < -0.39 is 0 Å². The molecule has 6 nitrogen and oxygen atoms in total. The zero-order valence-electron chi connectivity index (χ0n) is 14.8. The summed E-state index contributed by atoms with van der Waals surface area (Å²) in [6.07, 6.45) is 8.88. The molecular weight excluding hydrogens is 362 g/mol. The topological polar surface area (TPSA) is 53.7 Å². The summed E-state index contributed by atoms with van der Waals surface area (Å²) >= 11 is 6.21. The molecule has 4 heterocycles. The Hall–Kier alpha value is -2.70. The first-order chi connectivity index (χ1) is 13.2. The van der Waals surface area contributed by atoms with Gasteiger partial charge in [-0.05, 0) is 29.8 Å². The first-order valence-electron chi connectivity index (χ1n) is 8.91. The predicted octanol–water partition coefficient (Wildman–Crippen LogP) is 2.74. The van der Waals surface area contributed by atoms with Crippen LogP contribution in [0.1, 0.15) is 11.3 Å². The van der Waals surface area contributed by atoms with Crippen LogP contribution in [-0.2, 0) is 11.3 Å². The Labute approximate surface area is 162 Å². The van der Waals surface area contributed by atoms with E-state index in [1.54, 1.807) is 18.3 Å². The largest absolute Gasteiger partial charge is 0.337 e. The summed E-state index contributed by atoms with van der Waals surface area (Å²) in [7, 11) is 0. The summed E-state index contributed by atoms with van der Waals surface area (Å²) in [4.78, 5) is 25.2. The summed E-state index contributed by atoms with van der Waals surface area (Å²) < 4.78 is 1.87. The number of carbonyl (C=O) groups excluding carboxylic acids is 1. The number of nitrogens with zero attached hydrogens (tertiary/aromatic N) is 5. The number of rotatable bonds is 4. The number of amides is 1. The van der Waals surface area contributed by atoms with Crippen molar-refractivity contribution in [1.29, 1.82) is 0 Å². The van der Waals surface area contributed by atoms with Crippen molar-refractivity contribution in [1.82, 2.24) is 24.2 Å². The van der Waals surface area contributed by atoms with Crippen molar-refractivity contribution in [2.75, 3.05) is 26.2 Å². The highest BCUT2D eigenvalue weighted by molar-refractivity contribution is 6.31. The van der Waals surface area contributed by atoms with Crippen LogP contribution in [0.2, 0.25) is 5.15 Å². The van der Waals surface area contributed by atoms with Crippen LogP contribution in [0, 0.1) is 0 Å². The fourth-order valence-corrected chi connectivity index (χ4v) is 3.51. The van der Waals surface area contributed by atoms with Gasteiger partial charge in [0, 0.05) is 57.4 Å². The molecule has 1 amide bonds. The van der Waals surface area contributed by atoms with E-state index in [1.807, 2.05) is 46.0 Å². The van der Waals surface area contributed by atoms with Crippen molar-refractivity contribution in [2.24, 2.45) is 0 Å². The number of hydrogen-bond acceptors (Lipinski definition) is 4. The average molecular weight is 382 g/mol. The standard InChI is InChI=1S/C20H20ClN5O/c21-20-17(26-9-2-1-5-18(26)23-20)6-7-19(27)25-12-10-24(11-13-25)15-16-4-3-8-22-14-16/h1-9,14H,10-13,15H2/b7-6+. The van der Waals surface area contributed by atoms with E-state index >= 15 is 0 Å². The van der Waals surface area contributed by atoms with Crippen LogP contribution in [-0.4, -0.2) is 56.3 Å².